The van der Waals surface area contributed by atoms with Gasteiger partial charge in [-0.25, -0.2) is 4.98 Å². The predicted molar refractivity (Wildman–Crippen MR) is 111 cm³/mol. The second kappa shape index (κ2) is 8.50. The van der Waals surface area contributed by atoms with E-state index in [0.29, 0.717) is 10.9 Å². The minimum absolute atomic E-state index is 0.145. The molecule has 3 aromatic rings. The number of hydrogen-bond acceptors (Lipinski definition) is 6. The number of carbonyl (C=O) groups is 1. The molecule has 7 heteroatoms. The van der Waals surface area contributed by atoms with Crippen LogP contribution in [-0.2, 0) is 35.5 Å². The Morgan fingerprint density at radius 2 is 2.03 bits per heavy atom. The van der Waals surface area contributed by atoms with Gasteiger partial charge in [0.15, 0.2) is 5.82 Å². The summed E-state index contributed by atoms with van der Waals surface area (Å²) in [5.74, 6) is 0.0574. The van der Waals surface area contributed by atoms with Crippen LogP contribution >= 0.6 is 11.8 Å². The van der Waals surface area contributed by atoms with Gasteiger partial charge in [-0.1, -0.05) is 18.2 Å². The van der Waals surface area contributed by atoms with E-state index in [0.717, 1.165) is 17.7 Å². The molecular weight excluding hydrogens is 386 g/mol. The summed E-state index contributed by atoms with van der Waals surface area (Å²) in [4.78, 5) is 30.3. The van der Waals surface area contributed by atoms with E-state index < -0.39 is 0 Å². The molecule has 0 saturated heterocycles. The summed E-state index contributed by atoms with van der Waals surface area (Å²) in [5, 5.41) is 9.48. The molecule has 1 aliphatic carbocycles. The molecule has 1 aromatic heterocycles. The average Bonchev–Trinajstić information content (AvgIpc) is 3.21. The maximum atomic E-state index is 12.6. The molecule has 0 atom stereocenters. The molecule has 0 unspecified atom stereocenters. The topological polar surface area (TPSA) is 85.0 Å². The molecule has 29 heavy (non-hydrogen) atoms. The van der Waals surface area contributed by atoms with E-state index in [1.165, 1.54) is 33.9 Å². The maximum absolute atomic E-state index is 12.6. The van der Waals surface area contributed by atoms with E-state index in [1.807, 2.05) is 12.1 Å². The predicted octanol–water partition coefficient (Wildman–Crippen LogP) is 3.24. The monoisotopic (exact) mass is 405 g/mol. The van der Waals surface area contributed by atoms with E-state index in [1.54, 1.807) is 24.3 Å². The van der Waals surface area contributed by atoms with Gasteiger partial charge in [-0.15, -0.1) is 11.8 Å². The zero-order valence-electron chi connectivity index (χ0n) is 15.8. The SMILES string of the molecule is N#CCn1c(COC(=O)CSc2ccc3c(c2)CCC3)nc2ccccc2c1=O. The Morgan fingerprint density at radius 3 is 2.90 bits per heavy atom. The van der Waals surface area contributed by atoms with E-state index in [9.17, 15) is 9.59 Å². The van der Waals surface area contributed by atoms with Gasteiger partial charge in [-0.2, -0.15) is 5.26 Å². The van der Waals surface area contributed by atoms with Crippen LogP contribution in [0.1, 0.15) is 23.4 Å². The van der Waals surface area contributed by atoms with Crippen LogP contribution in [0, 0.1) is 11.3 Å². The van der Waals surface area contributed by atoms with Crippen molar-refractivity contribution in [3.05, 3.63) is 69.8 Å². The summed E-state index contributed by atoms with van der Waals surface area (Å²) in [6, 6.07) is 15.2. The zero-order chi connectivity index (χ0) is 20.2. The Bertz CT molecular complexity index is 1180. The van der Waals surface area contributed by atoms with E-state index in [-0.39, 0.29) is 36.3 Å². The number of nitrogens with zero attached hydrogens (tertiary/aromatic N) is 3. The molecular formula is C22H19N3O3S. The molecule has 2 aromatic carbocycles. The lowest BCUT2D eigenvalue weighted by Gasteiger charge is -2.11. The highest BCUT2D eigenvalue weighted by Gasteiger charge is 2.14. The summed E-state index contributed by atoms with van der Waals surface area (Å²) in [6.45, 7) is -0.293. The lowest BCUT2D eigenvalue weighted by Crippen LogP contribution is -2.26. The molecule has 1 aliphatic rings. The van der Waals surface area contributed by atoms with Gasteiger partial charge in [-0.05, 0) is 54.7 Å². The molecule has 6 nitrogen and oxygen atoms in total. The molecule has 0 bridgehead atoms. The second-order valence-electron chi connectivity index (χ2n) is 6.83. The van der Waals surface area contributed by atoms with Crippen LogP contribution in [0.15, 0.2) is 52.2 Å². The smallest absolute Gasteiger partial charge is 0.316 e. The van der Waals surface area contributed by atoms with Crippen molar-refractivity contribution in [3.63, 3.8) is 0 Å². The van der Waals surface area contributed by atoms with Crippen LogP contribution in [0.3, 0.4) is 0 Å². The largest absolute Gasteiger partial charge is 0.457 e. The number of para-hydroxylation sites is 1. The Balaban J connectivity index is 1.43. The number of nitriles is 1. The number of thioether (sulfide) groups is 1. The Labute approximate surface area is 172 Å². The van der Waals surface area contributed by atoms with Gasteiger partial charge in [-0.3, -0.25) is 14.2 Å². The van der Waals surface area contributed by atoms with Crippen molar-refractivity contribution in [1.29, 1.82) is 5.26 Å². The highest BCUT2D eigenvalue weighted by Crippen LogP contribution is 2.27. The number of rotatable bonds is 6. The van der Waals surface area contributed by atoms with Crippen LogP contribution in [-0.4, -0.2) is 21.3 Å². The Hall–Kier alpha value is -3.11. The lowest BCUT2D eigenvalue weighted by molar-refractivity contribution is -0.142. The van der Waals surface area contributed by atoms with Crippen molar-refractivity contribution in [2.24, 2.45) is 0 Å². The molecule has 0 spiro atoms. The highest BCUT2D eigenvalue weighted by molar-refractivity contribution is 8.00. The molecule has 0 aliphatic heterocycles. The van der Waals surface area contributed by atoms with Gasteiger partial charge in [0.25, 0.3) is 5.56 Å². The number of fused-ring (bicyclic) bond motifs is 2. The third-order valence-electron chi connectivity index (χ3n) is 4.96. The van der Waals surface area contributed by atoms with Gasteiger partial charge in [0.1, 0.15) is 13.2 Å². The zero-order valence-corrected chi connectivity index (χ0v) is 16.6. The number of ether oxygens (including phenoxy) is 1. The summed E-state index contributed by atoms with van der Waals surface area (Å²) < 4.78 is 6.60. The maximum Gasteiger partial charge on any atom is 0.316 e. The van der Waals surface area contributed by atoms with Crippen molar-refractivity contribution in [2.75, 3.05) is 5.75 Å². The Kier molecular flexibility index (Phi) is 5.63. The average molecular weight is 405 g/mol. The van der Waals surface area contributed by atoms with Crippen LogP contribution in [0.25, 0.3) is 10.9 Å². The summed E-state index contributed by atoms with van der Waals surface area (Å²) in [7, 11) is 0. The van der Waals surface area contributed by atoms with Gasteiger partial charge in [0.05, 0.1) is 22.7 Å². The minimum atomic E-state index is -0.388. The fraction of sp³-hybridized carbons (Fsp3) is 0.273. The molecule has 146 valence electrons. The van der Waals surface area contributed by atoms with E-state index in [2.05, 4.69) is 17.1 Å². The summed E-state index contributed by atoms with van der Waals surface area (Å²) in [5.41, 5.74) is 2.97. The number of carbonyl (C=O) groups excluding carboxylic acids is 1. The second-order valence-corrected chi connectivity index (χ2v) is 7.88. The minimum Gasteiger partial charge on any atom is -0.457 e. The van der Waals surface area contributed by atoms with Gasteiger partial charge in [0.2, 0.25) is 0 Å². The van der Waals surface area contributed by atoms with Crippen molar-refractivity contribution >= 4 is 28.6 Å². The third kappa shape index (κ3) is 4.17. The molecule has 0 fully saturated rings. The number of aromatic nitrogens is 2. The molecule has 0 amide bonds. The number of hydrogen-bond donors (Lipinski definition) is 0. The first-order valence-corrected chi connectivity index (χ1v) is 10.4. The van der Waals surface area contributed by atoms with Crippen LogP contribution < -0.4 is 5.56 Å². The highest BCUT2D eigenvalue weighted by atomic mass is 32.2. The van der Waals surface area contributed by atoms with Crippen molar-refractivity contribution in [2.45, 2.75) is 37.3 Å². The number of benzene rings is 2. The molecule has 0 radical (unpaired) electrons. The van der Waals surface area contributed by atoms with Crippen LogP contribution in [0.5, 0.6) is 0 Å². The number of aryl methyl sites for hydroxylation is 2. The van der Waals surface area contributed by atoms with Crippen LogP contribution in [0.4, 0.5) is 0 Å². The van der Waals surface area contributed by atoms with Crippen LogP contribution in [0.2, 0.25) is 0 Å². The lowest BCUT2D eigenvalue weighted by atomic mass is 10.1. The first kappa shape index (κ1) is 19.2. The summed E-state index contributed by atoms with van der Waals surface area (Å²) in [6.07, 6.45) is 3.42. The standard InChI is InChI=1S/C22H19N3O3S/c23-10-11-25-20(24-19-7-2-1-6-18(19)22(25)27)13-28-21(26)14-29-17-9-8-15-4-3-5-16(15)12-17/h1-2,6-9,12H,3-5,11,13-14H2. The van der Waals surface area contributed by atoms with Crippen molar-refractivity contribution < 1.29 is 9.53 Å². The van der Waals surface area contributed by atoms with Gasteiger partial charge in [0, 0.05) is 4.90 Å². The van der Waals surface area contributed by atoms with Crippen molar-refractivity contribution in [1.82, 2.24) is 9.55 Å². The molecule has 1 heterocycles. The molecule has 0 N–H and O–H groups in total. The molecule has 0 saturated carbocycles. The number of esters is 1. The third-order valence-corrected chi connectivity index (χ3v) is 5.93. The summed E-state index contributed by atoms with van der Waals surface area (Å²) >= 11 is 1.43. The fourth-order valence-electron chi connectivity index (χ4n) is 3.52. The molecule has 4 rings (SSSR count). The van der Waals surface area contributed by atoms with E-state index >= 15 is 0 Å². The quantitative estimate of drug-likeness (QED) is 0.462. The normalized spacial score (nSPS) is 12.5. The fourth-order valence-corrected chi connectivity index (χ4v) is 4.28. The van der Waals surface area contributed by atoms with Crippen molar-refractivity contribution in [3.8, 4) is 6.07 Å². The van der Waals surface area contributed by atoms with E-state index in [4.69, 9.17) is 10.00 Å². The van der Waals surface area contributed by atoms with Gasteiger partial charge < -0.3 is 4.74 Å². The van der Waals surface area contributed by atoms with Gasteiger partial charge >= 0.3 is 5.97 Å². The Morgan fingerprint density at radius 1 is 1.21 bits per heavy atom. The first-order valence-electron chi connectivity index (χ1n) is 9.41. The first-order chi connectivity index (χ1) is 14.2.